The van der Waals surface area contributed by atoms with Crippen molar-refractivity contribution in [3.05, 3.63) is 17.9 Å². The van der Waals surface area contributed by atoms with Gasteiger partial charge in [0.2, 0.25) is 5.76 Å². The second kappa shape index (κ2) is 8.07. The molecule has 0 N–H and O–H groups in total. The number of piperidine rings is 1. The average molecular weight is 350 g/mol. The lowest BCUT2D eigenvalue weighted by Crippen LogP contribution is -2.43. The first kappa shape index (κ1) is 19.5. The van der Waals surface area contributed by atoms with E-state index >= 15 is 0 Å². The molecule has 0 aromatic rings. The molecule has 0 bridgehead atoms. The molecule has 0 atom stereocenters. The van der Waals surface area contributed by atoms with E-state index in [0.717, 1.165) is 52.0 Å². The number of methoxy groups -OCH3 is 1. The number of allylic oxidation sites excluding steroid dienone is 1. The fourth-order valence-corrected chi connectivity index (χ4v) is 3.49. The first-order valence-corrected chi connectivity index (χ1v) is 8.93. The number of rotatable bonds is 4. The Labute approximate surface area is 150 Å². The highest BCUT2D eigenvalue weighted by Crippen LogP contribution is 2.40. The van der Waals surface area contributed by atoms with Crippen LogP contribution >= 0.6 is 0 Å². The SMILES string of the molecule is COC(=C=O)/C=C/CN1CCC2(CC1)CCN(C(=O)OC(C)(C)C)C2. The standard InChI is InChI=1S/C19H30N2O4/c1-18(2,3)25-17(23)21-13-9-19(15-21)7-11-20(12-8-19)10-5-6-16(14-22)24-4/h5-6H,7-13,15H2,1-4H3/b6-5+. The van der Waals surface area contributed by atoms with Gasteiger partial charge in [0, 0.05) is 19.6 Å². The van der Waals surface area contributed by atoms with Crippen molar-refractivity contribution in [1.82, 2.24) is 9.80 Å². The van der Waals surface area contributed by atoms with Crippen LogP contribution in [0.2, 0.25) is 0 Å². The van der Waals surface area contributed by atoms with Crippen LogP contribution in [0.4, 0.5) is 4.79 Å². The zero-order chi connectivity index (χ0) is 18.5. The third kappa shape index (κ3) is 5.62. The van der Waals surface area contributed by atoms with Gasteiger partial charge in [0.1, 0.15) is 5.60 Å². The Morgan fingerprint density at radius 2 is 1.84 bits per heavy atom. The van der Waals surface area contributed by atoms with Gasteiger partial charge in [-0.2, -0.15) is 0 Å². The highest BCUT2D eigenvalue weighted by atomic mass is 16.6. The Bertz CT molecular complexity index is 550. The van der Waals surface area contributed by atoms with Gasteiger partial charge in [-0.3, -0.25) is 4.90 Å². The van der Waals surface area contributed by atoms with E-state index in [1.807, 2.05) is 31.7 Å². The molecule has 2 fully saturated rings. The molecule has 25 heavy (non-hydrogen) atoms. The van der Waals surface area contributed by atoms with Crippen molar-refractivity contribution in [1.29, 1.82) is 0 Å². The lowest BCUT2D eigenvalue weighted by atomic mass is 9.78. The lowest BCUT2D eigenvalue weighted by Gasteiger charge is -2.39. The lowest BCUT2D eigenvalue weighted by molar-refractivity contribution is 0.0250. The summed E-state index contributed by atoms with van der Waals surface area (Å²) in [7, 11) is 1.46. The fraction of sp³-hybridized carbons (Fsp3) is 0.737. The van der Waals surface area contributed by atoms with Gasteiger partial charge in [-0.1, -0.05) is 6.08 Å². The van der Waals surface area contributed by atoms with Gasteiger partial charge >= 0.3 is 6.09 Å². The monoisotopic (exact) mass is 350 g/mol. The van der Waals surface area contributed by atoms with Gasteiger partial charge in [-0.05, 0) is 64.6 Å². The van der Waals surface area contributed by atoms with E-state index < -0.39 is 5.60 Å². The van der Waals surface area contributed by atoms with E-state index in [1.54, 1.807) is 12.0 Å². The van der Waals surface area contributed by atoms with Gasteiger partial charge in [-0.15, -0.1) is 0 Å². The number of hydrogen-bond acceptors (Lipinski definition) is 5. The number of carbonyl (C=O) groups excluding carboxylic acids is 2. The van der Waals surface area contributed by atoms with E-state index in [2.05, 4.69) is 4.90 Å². The molecular formula is C19H30N2O4. The van der Waals surface area contributed by atoms with Gasteiger partial charge in [0.05, 0.1) is 7.11 Å². The normalized spacial score (nSPS) is 20.7. The average Bonchev–Trinajstić information content (AvgIpc) is 2.96. The predicted molar refractivity (Wildman–Crippen MR) is 95.9 cm³/mol. The van der Waals surface area contributed by atoms with Crippen LogP contribution in [0.15, 0.2) is 17.9 Å². The zero-order valence-corrected chi connectivity index (χ0v) is 15.8. The fourth-order valence-electron chi connectivity index (χ4n) is 3.49. The largest absolute Gasteiger partial charge is 0.487 e. The minimum Gasteiger partial charge on any atom is -0.487 e. The highest BCUT2D eigenvalue weighted by molar-refractivity contribution is 5.68. The van der Waals surface area contributed by atoms with Crippen molar-refractivity contribution >= 4 is 12.0 Å². The molecule has 0 aromatic heterocycles. The Hall–Kier alpha value is -1.78. The van der Waals surface area contributed by atoms with Crippen molar-refractivity contribution < 1.29 is 19.1 Å². The summed E-state index contributed by atoms with van der Waals surface area (Å²) in [6, 6.07) is 0. The summed E-state index contributed by atoms with van der Waals surface area (Å²) in [5.74, 6) is 1.97. The molecule has 6 heteroatoms. The maximum atomic E-state index is 12.3. The van der Waals surface area contributed by atoms with Crippen LogP contribution in [0.3, 0.4) is 0 Å². The van der Waals surface area contributed by atoms with E-state index in [9.17, 15) is 9.59 Å². The van der Waals surface area contributed by atoms with Crippen LogP contribution in [0.25, 0.3) is 0 Å². The number of nitrogens with zero attached hydrogens (tertiary/aromatic N) is 2. The molecule has 140 valence electrons. The summed E-state index contributed by atoms with van der Waals surface area (Å²) in [5.41, 5.74) is -0.211. The molecule has 2 heterocycles. The number of likely N-dealkylation sites (tertiary alicyclic amines) is 2. The van der Waals surface area contributed by atoms with Crippen LogP contribution in [0.5, 0.6) is 0 Å². The zero-order valence-electron chi connectivity index (χ0n) is 15.8. The molecule has 2 rings (SSSR count). The molecule has 0 aliphatic carbocycles. The number of carbonyl (C=O) groups is 1. The van der Waals surface area contributed by atoms with Crippen LogP contribution in [-0.4, -0.2) is 67.3 Å². The summed E-state index contributed by atoms with van der Waals surface area (Å²) in [6.45, 7) is 10.1. The number of amides is 1. The van der Waals surface area contributed by atoms with E-state index in [0.29, 0.717) is 0 Å². The quantitative estimate of drug-likeness (QED) is 0.443. The minimum atomic E-state index is -0.445. The first-order chi connectivity index (χ1) is 11.8. The summed E-state index contributed by atoms with van der Waals surface area (Å²) < 4.78 is 10.4. The third-order valence-corrected chi connectivity index (χ3v) is 4.96. The minimum absolute atomic E-state index is 0.192. The number of ether oxygens (including phenoxy) is 2. The molecule has 1 amide bonds. The van der Waals surface area contributed by atoms with Crippen molar-refractivity contribution in [2.75, 3.05) is 39.8 Å². The first-order valence-electron chi connectivity index (χ1n) is 8.93. The van der Waals surface area contributed by atoms with Crippen LogP contribution < -0.4 is 0 Å². The number of hydrogen-bond donors (Lipinski definition) is 0. The van der Waals surface area contributed by atoms with E-state index in [-0.39, 0.29) is 17.3 Å². The molecule has 2 saturated heterocycles. The molecule has 6 nitrogen and oxygen atoms in total. The second-order valence-corrected chi connectivity index (χ2v) is 8.03. The molecular weight excluding hydrogens is 320 g/mol. The highest BCUT2D eigenvalue weighted by Gasteiger charge is 2.42. The molecule has 0 saturated carbocycles. The van der Waals surface area contributed by atoms with E-state index in [1.165, 1.54) is 7.11 Å². The Morgan fingerprint density at radius 1 is 1.20 bits per heavy atom. The molecule has 0 unspecified atom stereocenters. The summed E-state index contributed by atoms with van der Waals surface area (Å²) in [6.07, 6.45) is 6.63. The van der Waals surface area contributed by atoms with Crippen molar-refractivity contribution in [2.24, 2.45) is 5.41 Å². The summed E-state index contributed by atoms with van der Waals surface area (Å²) in [4.78, 5) is 27.0. The van der Waals surface area contributed by atoms with Crippen LogP contribution in [-0.2, 0) is 14.3 Å². The molecule has 0 radical (unpaired) electrons. The molecule has 2 aliphatic heterocycles. The topological polar surface area (TPSA) is 59.1 Å². The van der Waals surface area contributed by atoms with Crippen molar-refractivity contribution in [3.8, 4) is 0 Å². The second-order valence-electron chi connectivity index (χ2n) is 8.03. The van der Waals surface area contributed by atoms with Gasteiger partial charge in [0.15, 0.2) is 5.94 Å². The maximum absolute atomic E-state index is 12.3. The van der Waals surface area contributed by atoms with Crippen LogP contribution in [0.1, 0.15) is 40.0 Å². The Balaban J connectivity index is 1.80. The summed E-state index contributed by atoms with van der Waals surface area (Å²) >= 11 is 0. The molecule has 0 aromatic carbocycles. The van der Waals surface area contributed by atoms with Crippen molar-refractivity contribution in [2.45, 2.75) is 45.6 Å². The maximum Gasteiger partial charge on any atom is 0.410 e. The van der Waals surface area contributed by atoms with Crippen LogP contribution in [0, 0.1) is 5.41 Å². The van der Waals surface area contributed by atoms with Crippen molar-refractivity contribution in [3.63, 3.8) is 0 Å². The smallest absolute Gasteiger partial charge is 0.410 e. The van der Waals surface area contributed by atoms with Gasteiger partial charge in [0.25, 0.3) is 0 Å². The molecule has 1 spiro atoms. The van der Waals surface area contributed by atoms with Gasteiger partial charge < -0.3 is 14.4 Å². The van der Waals surface area contributed by atoms with Gasteiger partial charge in [-0.25, -0.2) is 9.59 Å². The van der Waals surface area contributed by atoms with E-state index in [4.69, 9.17) is 9.47 Å². The Kier molecular flexibility index (Phi) is 6.31. The Morgan fingerprint density at radius 3 is 2.40 bits per heavy atom. The predicted octanol–water partition coefficient (Wildman–Crippen LogP) is 2.63. The third-order valence-electron chi connectivity index (χ3n) is 4.96. The summed E-state index contributed by atoms with van der Waals surface area (Å²) in [5, 5.41) is 0. The molecule has 2 aliphatic rings.